The Hall–Kier alpha value is -1.39. The van der Waals surface area contributed by atoms with Gasteiger partial charge in [0.15, 0.2) is 0 Å². The summed E-state index contributed by atoms with van der Waals surface area (Å²) in [5, 5.41) is 3.31. The van der Waals surface area contributed by atoms with Crippen LogP contribution in [0.1, 0.15) is 28.8 Å². The van der Waals surface area contributed by atoms with Crippen LogP contribution in [0.2, 0.25) is 0 Å². The molecule has 0 bridgehead atoms. The van der Waals surface area contributed by atoms with E-state index in [4.69, 9.17) is 9.47 Å². The van der Waals surface area contributed by atoms with Gasteiger partial charge in [-0.1, -0.05) is 12.1 Å². The molecular formula is C14H19NO3. The number of piperidine rings is 1. The quantitative estimate of drug-likeness (QED) is 0.826. The molecule has 1 atom stereocenters. The number of hydrogen-bond acceptors (Lipinski definition) is 4. The molecule has 0 aliphatic carbocycles. The van der Waals surface area contributed by atoms with Crippen molar-refractivity contribution in [2.45, 2.75) is 25.6 Å². The van der Waals surface area contributed by atoms with E-state index in [9.17, 15) is 4.79 Å². The maximum absolute atomic E-state index is 11.4. The van der Waals surface area contributed by atoms with Crippen LogP contribution < -0.4 is 5.32 Å². The van der Waals surface area contributed by atoms with Crippen molar-refractivity contribution in [3.63, 3.8) is 0 Å². The molecule has 0 aromatic heterocycles. The Kier molecular flexibility index (Phi) is 4.73. The van der Waals surface area contributed by atoms with E-state index in [2.05, 4.69) is 5.32 Å². The van der Waals surface area contributed by atoms with E-state index in [1.165, 1.54) is 7.11 Å². The summed E-state index contributed by atoms with van der Waals surface area (Å²) in [5.41, 5.74) is 1.57. The average molecular weight is 249 g/mol. The van der Waals surface area contributed by atoms with Crippen molar-refractivity contribution in [2.24, 2.45) is 0 Å². The van der Waals surface area contributed by atoms with Crippen LogP contribution in [0.3, 0.4) is 0 Å². The molecule has 0 saturated carbocycles. The first-order valence-electron chi connectivity index (χ1n) is 6.29. The van der Waals surface area contributed by atoms with E-state index in [-0.39, 0.29) is 12.1 Å². The highest BCUT2D eigenvalue weighted by Crippen LogP contribution is 2.12. The van der Waals surface area contributed by atoms with Crippen molar-refractivity contribution in [2.75, 3.05) is 20.2 Å². The molecule has 1 N–H and O–H groups in total. The number of carbonyl (C=O) groups is 1. The molecule has 4 heteroatoms. The zero-order valence-corrected chi connectivity index (χ0v) is 10.6. The normalized spacial score (nSPS) is 19.5. The second-order valence-electron chi connectivity index (χ2n) is 4.47. The lowest BCUT2D eigenvalue weighted by molar-refractivity contribution is 0.0252. The number of hydrogen-bond donors (Lipinski definition) is 1. The van der Waals surface area contributed by atoms with Crippen molar-refractivity contribution in [1.29, 1.82) is 0 Å². The molecule has 18 heavy (non-hydrogen) atoms. The number of carbonyl (C=O) groups excluding carboxylic acids is 1. The Labute approximate surface area is 107 Å². The summed E-state index contributed by atoms with van der Waals surface area (Å²) in [7, 11) is 1.39. The number of esters is 1. The third-order valence-corrected chi connectivity index (χ3v) is 3.09. The highest BCUT2D eigenvalue weighted by atomic mass is 16.5. The molecule has 98 valence electrons. The van der Waals surface area contributed by atoms with Crippen LogP contribution in [-0.2, 0) is 16.1 Å². The Morgan fingerprint density at radius 2 is 2.39 bits per heavy atom. The molecule has 2 rings (SSSR count). The van der Waals surface area contributed by atoms with E-state index in [1.807, 2.05) is 18.2 Å². The minimum atomic E-state index is -0.309. The van der Waals surface area contributed by atoms with Crippen LogP contribution in [0.5, 0.6) is 0 Å². The second kappa shape index (κ2) is 6.52. The number of nitrogens with one attached hydrogen (secondary N) is 1. The Morgan fingerprint density at radius 3 is 3.11 bits per heavy atom. The number of rotatable bonds is 4. The van der Waals surface area contributed by atoms with E-state index in [0.29, 0.717) is 12.2 Å². The zero-order chi connectivity index (χ0) is 12.8. The summed E-state index contributed by atoms with van der Waals surface area (Å²) >= 11 is 0. The molecule has 1 aliphatic rings. The molecular weight excluding hydrogens is 230 g/mol. The van der Waals surface area contributed by atoms with Crippen LogP contribution >= 0.6 is 0 Å². The lowest BCUT2D eigenvalue weighted by Gasteiger charge is -2.23. The SMILES string of the molecule is COC(=O)c1cccc(COC2CCCNC2)c1. The monoisotopic (exact) mass is 249 g/mol. The first-order valence-corrected chi connectivity index (χ1v) is 6.29. The first-order chi connectivity index (χ1) is 8.79. The van der Waals surface area contributed by atoms with Crippen LogP contribution in [0.15, 0.2) is 24.3 Å². The van der Waals surface area contributed by atoms with Gasteiger partial charge >= 0.3 is 5.97 Å². The van der Waals surface area contributed by atoms with Gasteiger partial charge in [-0.15, -0.1) is 0 Å². The molecule has 4 nitrogen and oxygen atoms in total. The molecule has 1 aliphatic heterocycles. The molecule has 0 amide bonds. The third-order valence-electron chi connectivity index (χ3n) is 3.09. The highest BCUT2D eigenvalue weighted by Gasteiger charge is 2.13. The van der Waals surface area contributed by atoms with Crippen LogP contribution in [-0.4, -0.2) is 32.3 Å². The summed E-state index contributed by atoms with van der Waals surface area (Å²) in [6, 6.07) is 7.38. The van der Waals surface area contributed by atoms with Crippen molar-refractivity contribution < 1.29 is 14.3 Å². The van der Waals surface area contributed by atoms with Gasteiger partial charge in [0.1, 0.15) is 0 Å². The molecule has 1 heterocycles. The van der Waals surface area contributed by atoms with Gasteiger partial charge in [0, 0.05) is 6.54 Å². The lowest BCUT2D eigenvalue weighted by atomic mass is 10.1. The van der Waals surface area contributed by atoms with Gasteiger partial charge in [0.2, 0.25) is 0 Å². The molecule has 0 spiro atoms. The molecule has 1 aromatic carbocycles. The predicted octanol–water partition coefficient (Wildman–Crippen LogP) is 1.74. The van der Waals surface area contributed by atoms with E-state index < -0.39 is 0 Å². The average Bonchev–Trinajstić information content (AvgIpc) is 2.45. The van der Waals surface area contributed by atoms with Crippen molar-refractivity contribution >= 4 is 5.97 Å². The fourth-order valence-electron chi connectivity index (χ4n) is 2.08. The van der Waals surface area contributed by atoms with Crippen LogP contribution in [0.25, 0.3) is 0 Å². The topological polar surface area (TPSA) is 47.6 Å². The molecule has 1 fully saturated rings. The molecule has 1 unspecified atom stereocenters. The van der Waals surface area contributed by atoms with Crippen molar-refractivity contribution in [3.05, 3.63) is 35.4 Å². The molecule has 1 aromatic rings. The summed E-state index contributed by atoms with van der Waals surface area (Å²) < 4.78 is 10.5. The minimum absolute atomic E-state index is 0.278. The van der Waals surface area contributed by atoms with Gasteiger partial charge in [-0.2, -0.15) is 0 Å². The highest BCUT2D eigenvalue weighted by molar-refractivity contribution is 5.89. The van der Waals surface area contributed by atoms with Crippen molar-refractivity contribution in [1.82, 2.24) is 5.32 Å². The van der Waals surface area contributed by atoms with Gasteiger partial charge in [-0.05, 0) is 37.1 Å². The summed E-state index contributed by atoms with van der Waals surface area (Å²) in [5.74, 6) is -0.309. The van der Waals surface area contributed by atoms with Gasteiger partial charge in [0.05, 0.1) is 25.4 Å². The maximum Gasteiger partial charge on any atom is 0.337 e. The van der Waals surface area contributed by atoms with E-state index in [1.54, 1.807) is 6.07 Å². The van der Waals surface area contributed by atoms with E-state index in [0.717, 1.165) is 31.5 Å². The smallest absolute Gasteiger partial charge is 0.337 e. The van der Waals surface area contributed by atoms with Gasteiger partial charge in [-0.25, -0.2) is 4.79 Å². The maximum atomic E-state index is 11.4. The number of benzene rings is 1. The Morgan fingerprint density at radius 1 is 1.50 bits per heavy atom. The minimum Gasteiger partial charge on any atom is -0.465 e. The fraction of sp³-hybridized carbons (Fsp3) is 0.500. The largest absolute Gasteiger partial charge is 0.465 e. The lowest BCUT2D eigenvalue weighted by Crippen LogP contribution is -2.35. The van der Waals surface area contributed by atoms with Gasteiger partial charge in [-0.3, -0.25) is 0 Å². The van der Waals surface area contributed by atoms with Gasteiger partial charge < -0.3 is 14.8 Å². The summed E-state index contributed by atoms with van der Waals surface area (Å²) in [6.07, 6.45) is 2.54. The van der Waals surface area contributed by atoms with Crippen LogP contribution in [0.4, 0.5) is 0 Å². The third kappa shape index (κ3) is 3.55. The fourth-order valence-corrected chi connectivity index (χ4v) is 2.08. The Bertz CT molecular complexity index is 400. The summed E-state index contributed by atoms with van der Waals surface area (Å²) in [4.78, 5) is 11.4. The first kappa shape index (κ1) is 13.1. The number of ether oxygens (including phenoxy) is 2. The van der Waals surface area contributed by atoms with E-state index >= 15 is 0 Å². The number of methoxy groups -OCH3 is 1. The standard InChI is InChI=1S/C14H19NO3/c1-17-14(16)12-5-2-4-11(8-12)10-18-13-6-3-7-15-9-13/h2,4-5,8,13,15H,3,6-7,9-10H2,1H3. The summed E-state index contributed by atoms with van der Waals surface area (Å²) in [6.45, 7) is 2.53. The van der Waals surface area contributed by atoms with Gasteiger partial charge in [0.25, 0.3) is 0 Å². The van der Waals surface area contributed by atoms with Crippen molar-refractivity contribution in [3.8, 4) is 0 Å². The zero-order valence-electron chi connectivity index (χ0n) is 10.6. The van der Waals surface area contributed by atoms with Crippen LogP contribution in [0, 0.1) is 0 Å². The molecule has 0 radical (unpaired) electrons. The predicted molar refractivity (Wildman–Crippen MR) is 68.5 cm³/mol. The second-order valence-corrected chi connectivity index (χ2v) is 4.47. The molecule has 1 saturated heterocycles. The Balaban J connectivity index is 1.90.